The second-order valence-electron chi connectivity index (χ2n) is 11.5. The Labute approximate surface area is 234 Å². The van der Waals surface area contributed by atoms with Crippen LogP contribution in [0.5, 0.6) is 0 Å². The third-order valence-corrected chi connectivity index (χ3v) is 9.25. The normalized spacial score (nSPS) is 27.3. The molecule has 41 heavy (non-hydrogen) atoms. The molecule has 1 heterocycles. The van der Waals surface area contributed by atoms with Crippen LogP contribution in [0.1, 0.15) is 67.6 Å². The molecule has 2 aromatic carbocycles. The number of amides is 2. The smallest absolute Gasteiger partial charge is 0.390 e. The summed E-state index contributed by atoms with van der Waals surface area (Å²) in [6, 6.07) is 3.01. The van der Waals surface area contributed by atoms with Crippen molar-refractivity contribution < 1.29 is 45.1 Å². The lowest BCUT2D eigenvalue weighted by Crippen LogP contribution is -2.53. The number of aliphatic hydroxyl groups is 1. The minimum Gasteiger partial charge on any atom is -0.390 e. The summed E-state index contributed by atoms with van der Waals surface area (Å²) in [7, 11) is -3.63. The Kier molecular flexibility index (Phi) is 8.02. The molecule has 224 valence electrons. The SMILES string of the molecule is C[C@@H]1C[C@H](C(=O)N[C@@H](c2cc(F)c(C(F)(F)F)cc2F)C2CC(C)(O)C2)N(C(=O)c2cccc(S(C)(=O)=O)c2)[C@@H]1C. The van der Waals surface area contributed by atoms with Gasteiger partial charge in [0.2, 0.25) is 5.91 Å². The number of nitrogens with one attached hydrogen (secondary N) is 1. The van der Waals surface area contributed by atoms with Crippen molar-refractivity contribution in [2.45, 2.75) is 74.8 Å². The number of rotatable bonds is 6. The van der Waals surface area contributed by atoms with E-state index in [0.717, 1.165) is 6.26 Å². The molecular formula is C28H31F5N2O5S. The monoisotopic (exact) mass is 602 g/mol. The topological polar surface area (TPSA) is 104 Å². The number of alkyl halides is 3. The summed E-state index contributed by atoms with van der Waals surface area (Å²) in [4.78, 5) is 28.5. The molecule has 0 bridgehead atoms. The summed E-state index contributed by atoms with van der Waals surface area (Å²) >= 11 is 0. The average Bonchev–Trinajstić information content (AvgIpc) is 3.14. The Morgan fingerprint density at radius 2 is 1.73 bits per heavy atom. The van der Waals surface area contributed by atoms with Crippen LogP contribution < -0.4 is 5.32 Å². The van der Waals surface area contributed by atoms with Crippen molar-refractivity contribution in [3.05, 3.63) is 64.7 Å². The summed E-state index contributed by atoms with van der Waals surface area (Å²) in [5.74, 6) is -5.20. The van der Waals surface area contributed by atoms with Gasteiger partial charge in [-0.05, 0) is 75.3 Å². The number of benzene rings is 2. The molecule has 0 aromatic heterocycles. The van der Waals surface area contributed by atoms with E-state index in [1.165, 1.54) is 36.1 Å². The molecule has 1 saturated carbocycles. The van der Waals surface area contributed by atoms with E-state index in [9.17, 15) is 40.7 Å². The van der Waals surface area contributed by atoms with E-state index in [0.29, 0.717) is 6.07 Å². The molecule has 4 rings (SSSR count). The molecule has 13 heteroatoms. The summed E-state index contributed by atoms with van der Waals surface area (Å²) < 4.78 is 93.0. The zero-order chi connectivity index (χ0) is 30.7. The first-order chi connectivity index (χ1) is 18.8. The highest BCUT2D eigenvalue weighted by atomic mass is 32.2. The standard InChI is InChI=1S/C28H31F5N2O5S/c1-14-8-23(35(15(14)2)26(37)16-6-5-7-18(9-16)41(4,39)40)25(36)34-24(17-12-27(3,38)13-17)19-10-22(30)20(11-21(19)29)28(31,32)33/h5-7,9-11,14-15,17,23-24,38H,8,12-13H2,1-4H3,(H,34,36)/t14-,15-,17?,23-,24-,27?/m1/s1. The molecule has 0 spiro atoms. The minimum absolute atomic E-state index is 0.0362. The van der Waals surface area contributed by atoms with Crippen molar-refractivity contribution >= 4 is 21.7 Å². The molecule has 2 aromatic rings. The number of likely N-dealkylation sites (tertiary alicyclic amines) is 1. The Morgan fingerprint density at radius 1 is 1.10 bits per heavy atom. The van der Waals surface area contributed by atoms with E-state index in [1.807, 2.05) is 6.92 Å². The van der Waals surface area contributed by atoms with Gasteiger partial charge in [-0.2, -0.15) is 13.2 Å². The maximum atomic E-state index is 15.0. The molecule has 2 fully saturated rings. The summed E-state index contributed by atoms with van der Waals surface area (Å²) in [5, 5.41) is 12.9. The molecule has 4 atom stereocenters. The van der Waals surface area contributed by atoms with Crippen LogP contribution in [-0.4, -0.2) is 54.2 Å². The molecule has 1 aliphatic carbocycles. The predicted molar refractivity (Wildman–Crippen MR) is 138 cm³/mol. The lowest BCUT2D eigenvalue weighted by molar-refractivity contribution is -0.140. The van der Waals surface area contributed by atoms with Crippen molar-refractivity contribution in [2.75, 3.05) is 6.26 Å². The van der Waals surface area contributed by atoms with Crippen LogP contribution in [0.4, 0.5) is 22.0 Å². The average molecular weight is 603 g/mol. The fraction of sp³-hybridized carbons (Fsp3) is 0.500. The number of sulfone groups is 1. The lowest BCUT2D eigenvalue weighted by Gasteiger charge is -2.45. The Balaban J connectivity index is 1.67. The van der Waals surface area contributed by atoms with Crippen LogP contribution in [-0.2, 0) is 20.8 Å². The van der Waals surface area contributed by atoms with Gasteiger partial charge in [0.05, 0.1) is 22.1 Å². The van der Waals surface area contributed by atoms with Crippen LogP contribution in [0.3, 0.4) is 0 Å². The lowest BCUT2D eigenvalue weighted by atomic mass is 9.67. The van der Waals surface area contributed by atoms with Crippen molar-refractivity contribution in [2.24, 2.45) is 11.8 Å². The zero-order valence-corrected chi connectivity index (χ0v) is 23.6. The second kappa shape index (κ2) is 10.6. The number of hydrogen-bond donors (Lipinski definition) is 2. The number of halogens is 5. The molecule has 7 nitrogen and oxygen atoms in total. The molecule has 1 aliphatic heterocycles. The number of carbonyl (C=O) groups excluding carboxylic acids is 2. The van der Waals surface area contributed by atoms with Gasteiger partial charge in [-0.25, -0.2) is 17.2 Å². The first-order valence-electron chi connectivity index (χ1n) is 13.0. The first-order valence-corrected chi connectivity index (χ1v) is 14.9. The first kappa shape index (κ1) is 30.9. The minimum atomic E-state index is -5.13. The van der Waals surface area contributed by atoms with Gasteiger partial charge in [0.25, 0.3) is 5.91 Å². The van der Waals surface area contributed by atoms with Crippen molar-refractivity contribution in [1.29, 1.82) is 0 Å². The quantitative estimate of drug-likeness (QED) is 0.469. The Hall–Kier alpha value is -3.06. The number of carbonyl (C=O) groups is 2. The largest absolute Gasteiger partial charge is 0.419 e. The van der Waals surface area contributed by atoms with Crippen LogP contribution >= 0.6 is 0 Å². The van der Waals surface area contributed by atoms with Crippen LogP contribution in [0.2, 0.25) is 0 Å². The highest BCUT2D eigenvalue weighted by molar-refractivity contribution is 7.90. The van der Waals surface area contributed by atoms with Gasteiger partial charge in [0.1, 0.15) is 17.7 Å². The van der Waals surface area contributed by atoms with E-state index in [1.54, 1.807) is 6.92 Å². The van der Waals surface area contributed by atoms with Crippen molar-refractivity contribution in [3.8, 4) is 0 Å². The Bertz CT molecular complexity index is 1470. The highest BCUT2D eigenvalue weighted by Gasteiger charge is 2.48. The van der Waals surface area contributed by atoms with Crippen LogP contribution in [0.25, 0.3) is 0 Å². The van der Waals surface area contributed by atoms with E-state index < -0.39 is 80.2 Å². The van der Waals surface area contributed by atoms with E-state index >= 15 is 4.39 Å². The van der Waals surface area contributed by atoms with Gasteiger partial charge in [0.15, 0.2) is 9.84 Å². The maximum Gasteiger partial charge on any atom is 0.419 e. The summed E-state index contributed by atoms with van der Waals surface area (Å²) in [5.41, 5.74) is -3.40. The molecule has 2 amide bonds. The van der Waals surface area contributed by atoms with E-state index in [4.69, 9.17) is 0 Å². The van der Waals surface area contributed by atoms with Gasteiger partial charge in [-0.15, -0.1) is 0 Å². The molecule has 1 saturated heterocycles. The fourth-order valence-corrected chi connectivity index (χ4v) is 6.48. The van der Waals surface area contributed by atoms with Crippen molar-refractivity contribution in [3.63, 3.8) is 0 Å². The van der Waals surface area contributed by atoms with Crippen LogP contribution in [0, 0.1) is 23.5 Å². The third-order valence-electron chi connectivity index (χ3n) is 8.14. The van der Waals surface area contributed by atoms with Crippen molar-refractivity contribution in [1.82, 2.24) is 10.2 Å². The third kappa shape index (κ3) is 6.25. The van der Waals surface area contributed by atoms with Gasteiger partial charge >= 0.3 is 6.18 Å². The fourth-order valence-electron chi connectivity index (χ4n) is 5.81. The molecule has 2 N–H and O–H groups in total. The number of hydrogen-bond acceptors (Lipinski definition) is 5. The van der Waals surface area contributed by atoms with Gasteiger partial charge < -0.3 is 15.3 Å². The van der Waals surface area contributed by atoms with Gasteiger partial charge in [-0.3, -0.25) is 9.59 Å². The summed E-state index contributed by atoms with van der Waals surface area (Å²) in [6.45, 7) is 5.05. The maximum absolute atomic E-state index is 15.0. The summed E-state index contributed by atoms with van der Waals surface area (Å²) in [6.07, 6.45) is -3.80. The van der Waals surface area contributed by atoms with Gasteiger partial charge in [0, 0.05) is 23.4 Å². The van der Waals surface area contributed by atoms with Crippen LogP contribution in [0.15, 0.2) is 41.3 Å². The predicted octanol–water partition coefficient (Wildman–Crippen LogP) is 4.64. The second-order valence-corrected chi connectivity index (χ2v) is 13.5. The van der Waals surface area contributed by atoms with E-state index in [2.05, 4.69) is 5.32 Å². The molecule has 2 aliphatic rings. The molecular weight excluding hydrogens is 571 g/mol. The van der Waals surface area contributed by atoms with E-state index in [-0.39, 0.29) is 41.7 Å². The highest BCUT2D eigenvalue weighted by Crippen LogP contribution is 2.46. The molecule has 0 radical (unpaired) electrons. The number of nitrogens with zero attached hydrogens (tertiary/aromatic N) is 1. The Morgan fingerprint density at radius 3 is 2.29 bits per heavy atom. The van der Waals surface area contributed by atoms with Gasteiger partial charge in [-0.1, -0.05) is 13.0 Å². The molecule has 0 unspecified atom stereocenters. The zero-order valence-electron chi connectivity index (χ0n) is 22.8.